The molecule has 0 spiro atoms. The molecule has 2 aromatic carbocycles. The minimum absolute atomic E-state index is 0.730. The lowest BCUT2D eigenvalue weighted by molar-refractivity contribution is 0.112. The van der Waals surface area contributed by atoms with Gasteiger partial charge in [-0.1, -0.05) is 42.0 Å². The van der Waals surface area contributed by atoms with Gasteiger partial charge in [0.15, 0.2) is 0 Å². The molecule has 0 aliphatic rings. The normalized spacial score (nSPS) is 10.1. The number of hydrogen-bond acceptors (Lipinski definition) is 1. The van der Waals surface area contributed by atoms with E-state index in [2.05, 4.69) is 31.2 Å². The predicted molar refractivity (Wildman–Crippen MR) is 66.7 cm³/mol. The average Bonchev–Trinajstić information content (AvgIpc) is 2.30. The summed E-state index contributed by atoms with van der Waals surface area (Å²) in [5, 5.41) is 0. The van der Waals surface area contributed by atoms with Crippen LogP contribution >= 0.6 is 0 Å². The van der Waals surface area contributed by atoms with Crippen LogP contribution in [-0.2, 0) is 0 Å². The Morgan fingerprint density at radius 3 is 2.19 bits per heavy atom. The molecule has 0 aliphatic carbocycles. The van der Waals surface area contributed by atoms with Gasteiger partial charge in [0.05, 0.1) is 0 Å². The van der Waals surface area contributed by atoms with Crippen molar-refractivity contribution in [3.8, 4) is 11.1 Å². The third-order valence-electron chi connectivity index (χ3n) is 2.75. The SMILES string of the molecule is Cc1ccc(-c2ccc(C=O)cc2C)cc1. The molecule has 0 atom stereocenters. The summed E-state index contributed by atoms with van der Waals surface area (Å²) in [6, 6.07) is 14.2. The topological polar surface area (TPSA) is 17.1 Å². The van der Waals surface area contributed by atoms with E-state index in [1.54, 1.807) is 0 Å². The van der Waals surface area contributed by atoms with Crippen molar-refractivity contribution >= 4 is 6.29 Å². The predicted octanol–water partition coefficient (Wildman–Crippen LogP) is 3.78. The Bertz CT molecular complexity index is 509. The van der Waals surface area contributed by atoms with Crippen LogP contribution in [0.3, 0.4) is 0 Å². The van der Waals surface area contributed by atoms with Gasteiger partial charge >= 0.3 is 0 Å². The second-order valence-electron chi connectivity index (χ2n) is 4.06. The van der Waals surface area contributed by atoms with Crippen LogP contribution in [0.4, 0.5) is 0 Å². The van der Waals surface area contributed by atoms with Crippen LogP contribution in [0, 0.1) is 13.8 Å². The zero-order valence-corrected chi connectivity index (χ0v) is 9.53. The summed E-state index contributed by atoms with van der Waals surface area (Å²) < 4.78 is 0. The van der Waals surface area contributed by atoms with Crippen LogP contribution in [0.25, 0.3) is 11.1 Å². The minimum Gasteiger partial charge on any atom is -0.298 e. The summed E-state index contributed by atoms with van der Waals surface area (Å²) in [6.45, 7) is 4.11. The van der Waals surface area contributed by atoms with Gasteiger partial charge in [-0.15, -0.1) is 0 Å². The number of aryl methyl sites for hydroxylation is 2. The highest BCUT2D eigenvalue weighted by molar-refractivity contribution is 5.78. The third-order valence-corrected chi connectivity index (χ3v) is 2.75. The van der Waals surface area contributed by atoms with Crippen LogP contribution in [0.2, 0.25) is 0 Å². The maximum atomic E-state index is 10.7. The molecule has 0 aromatic heterocycles. The van der Waals surface area contributed by atoms with Crippen LogP contribution in [0.15, 0.2) is 42.5 Å². The second-order valence-corrected chi connectivity index (χ2v) is 4.06. The third kappa shape index (κ3) is 2.03. The van der Waals surface area contributed by atoms with Gasteiger partial charge in [0.2, 0.25) is 0 Å². The Labute approximate surface area is 95.7 Å². The first kappa shape index (κ1) is 10.6. The van der Waals surface area contributed by atoms with Crippen molar-refractivity contribution in [2.24, 2.45) is 0 Å². The van der Waals surface area contributed by atoms with Gasteiger partial charge < -0.3 is 0 Å². The molecule has 2 rings (SSSR count). The molecule has 0 saturated heterocycles. The van der Waals surface area contributed by atoms with Crippen molar-refractivity contribution < 1.29 is 4.79 Å². The van der Waals surface area contributed by atoms with Gasteiger partial charge in [0.25, 0.3) is 0 Å². The van der Waals surface area contributed by atoms with Crippen LogP contribution in [-0.4, -0.2) is 6.29 Å². The lowest BCUT2D eigenvalue weighted by Crippen LogP contribution is -1.87. The summed E-state index contributed by atoms with van der Waals surface area (Å²) in [5.41, 5.74) is 5.50. The summed E-state index contributed by atoms with van der Waals surface area (Å²) >= 11 is 0. The van der Waals surface area contributed by atoms with E-state index in [-0.39, 0.29) is 0 Å². The molecule has 80 valence electrons. The molecule has 0 heterocycles. The van der Waals surface area contributed by atoms with Crippen molar-refractivity contribution in [2.45, 2.75) is 13.8 Å². The lowest BCUT2D eigenvalue weighted by Gasteiger charge is -2.06. The van der Waals surface area contributed by atoms with Crippen LogP contribution < -0.4 is 0 Å². The van der Waals surface area contributed by atoms with Crippen molar-refractivity contribution in [3.63, 3.8) is 0 Å². The summed E-state index contributed by atoms with van der Waals surface area (Å²) in [5.74, 6) is 0. The average molecular weight is 210 g/mol. The Kier molecular flexibility index (Phi) is 2.86. The standard InChI is InChI=1S/C15H14O/c1-11-3-6-14(7-4-11)15-8-5-13(10-16)9-12(15)2/h3-10H,1-2H3. The lowest BCUT2D eigenvalue weighted by atomic mass is 9.98. The number of aldehydes is 1. The fourth-order valence-corrected chi connectivity index (χ4v) is 1.82. The summed E-state index contributed by atoms with van der Waals surface area (Å²) in [6.07, 6.45) is 0.881. The highest BCUT2D eigenvalue weighted by Crippen LogP contribution is 2.24. The molecular formula is C15H14O. The Hall–Kier alpha value is -1.89. The number of carbonyl (C=O) groups excluding carboxylic acids is 1. The van der Waals surface area contributed by atoms with E-state index in [1.165, 1.54) is 16.7 Å². The van der Waals surface area contributed by atoms with Crippen molar-refractivity contribution in [1.82, 2.24) is 0 Å². The molecule has 16 heavy (non-hydrogen) atoms. The molecule has 0 N–H and O–H groups in total. The Morgan fingerprint density at radius 1 is 0.938 bits per heavy atom. The first-order chi connectivity index (χ1) is 7.70. The maximum Gasteiger partial charge on any atom is 0.150 e. The number of hydrogen-bond donors (Lipinski definition) is 0. The molecule has 0 unspecified atom stereocenters. The molecular weight excluding hydrogens is 196 g/mol. The van der Waals surface area contributed by atoms with Gasteiger partial charge in [-0.25, -0.2) is 0 Å². The van der Waals surface area contributed by atoms with E-state index in [9.17, 15) is 4.79 Å². The van der Waals surface area contributed by atoms with Gasteiger partial charge in [-0.05, 0) is 36.6 Å². The summed E-state index contributed by atoms with van der Waals surface area (Å²) in [4.78, 5) is 10.7. The molecule has 0 amide bonds. The molecule has 1 heteroatoms. The molecule has 0 bridgehead atoms. The van der Waals surface area contributed by atoms with Crippen molar-refractivity contribution in [1.29, 1.82) is 0 Å². The number of benzene rings is 2. The first-order valence-electron chi connectivity index (χ1n) is 5.33. The monoisotopic (exact) mass is 210 g/mol. The van der Waals surface area contributed by atoms with E-state index >= 15 is 0 Å². The summed E-state index contributed by atoms with van der Waals surface area (Å²) in [7, 11) is 0. The van der Waals surface area contributed by atoms with Gasteiger partial charge in [-0.3, -0.25) is 4.79 Å². The Balaban J connectivity index is 2.48. The largest absolute Gasteiger partial charge is 0.298 e. The van der Waals surface area contributed by atoms with Gasteiger partial charge in [0.1, 0.15) is 6.29 Å². The van der Waals surface area contributed by atoms with Crippen molar-refractivity contribution in [3.05, 3.63) is 59.2 Å². The quantitative estimate of drug-likeness (QED) is 0.689. The maximum absolute atomic E-state index is 10.7. The highest BCUT2D eigenvalue weighted by Gasteiger charge is 2.02. The van der Waals surface area contributed by atoms with E-state index in [4.69, 9.17) is 0 Å². The zero-order chi connectivity index (χ0) is 11.5. The van der Waals surface area contributed by atoms with E-state index in [1.807, 2.05) is 25.1 Å². The number of rotatable bonds is 2. The molecule has 2 aromatic rings. The van der Waals surface area contributed by atoms with Gasteiger partial charge in [-0.2, -0.15) is 0 Å². The fourth-order valence-electron chi connectivity index (χ4n) is 1.82. The highest BCUT2D eigenvalue weighted by atomic mass is 16.1. The van der Waals surface area contributed by atoms with Crippen molar-refractivity contribution in [2.75, 3.05) is 0 Å². The molecule has 1 nitrogen and oxygen atoms in total. The van der Waals surface area contributed by atoms with Gasteiger partial charge in [0, 0.05) is 5.56 Å². The Morgan fingerprint density at radius 2 is 1.62 bits per heavy atom. The fraction of sp³-hybridized carbons (Fsp3) is 0.133. The first-order valence-corrected chi connectivity index (χ1v) is 5.33. The molecule has 0 fully saturated rings. The van der Waals surface area contributed by atoms with Crippen LogP contribution in [0.5, 0.6) is 0 Å². The second kappa shape index (κ2) is 4.31. The number of carbonyl (C=O) groups is 1. The molecule has 0 aliphatic heterocycles. The smallest absolute Gasteiger partial charge is 0.150 e. The zero-order valence-electron chi connectivity index (χ0n) is 9.53. The molecule has 0 radical (unpaired) electrons. The van der Waals surface area contributed by atoms with E-state index in [0.717, 1.165) is 17.4 Å². The molecule has 0 saturated carbocycles. The van der Waals surface area contributed by atoms with E-state index in [0.29, 0.717) is 0 Å². The van der Waals surface area contributed by atoms with E-state index < -0.39 is 0 Å². The minimum atomic E-state index is 0.730. The van der Waals surface area contributed by atoms with Crippen LogP contribution in [0.1, 0.15) is 21.5 Å².